The van der Waals surface area contributed by atoms with Gasteiger partial charge in [0, 0.05) is 30.4 Å². The standard InChI is InChI=1S/C19H23N5O2/c1-2-10-24-18(25)15-17(22-16(21-15)14-7-3-4-8-14)23-19(24)26-12-13-6-5-9-20-11-13/h5-6,9,11,14H,2-4,7-8,10,12H2,1H3,(H,21,22). The van der Waals surface area contributed by atoms with Gasteiger partial charge in [-0.05, 0) is 25.3 Å². The highest BCUT2D eigenvalue weighted by atomic mass is 16.5. The van der Waals surface area contributed by atoms with Gasteiger partial charge in [0.2, 0.25) is 0 Å². The number of H-pyrrole nitrogens is 1. The second-order valence-corrected chi connectivity index (χ2v) is 6.80. The summed E-state index contributed by atoms with van der Waals surface area (Å²) in [5.41, 5.74) is 1.74. The lowest BCUT2D eigenvalue weighted by atomic mass is 10.1. The molecule has 1 N–H and O–H groups in total. The first-order valence-corrected chi connectivity index (χ1v) is 9.28. The molecule has 1 fully saturated rings. The Labute approximate surface area is 151 Å². The minimum absolute atomic E-state index is 0.116. The largest absolute Gasteiger partial charge is 0.460 e. The van der Waals surface area contributed by atoms with Crippen molar-refractivity contribution < 1.29 is 4.74 Å². The zero-order valence-corrected chi connectivity index (χ0v) is 14.9. The third-order valence-corrected chi connectivity index (χ3v) is 4.87. The number of pyridine rings is 1. The van der Waals surface area contributed by atoms with Crippen LogP contribution in [-0.2, 0) is 13.2 Å². The molecule has 7 nitrogen and oxygen atoms in total. The molecule has 0 atom stereocenters. The zero-order valence-electron chi connectivity index (χ0n) is 14.9. The molecule has 4 rings (SSSR count). The molecule has 1 aliphatic rings. The van der Waals surface area contributed by atoms with E-state index in [1.54, 1.807) is 17.0 Å². The minimum atomic E-state index is -0.116. The lowest BCUT2D eigenvalue weighted by Gasteiger charge is -2.11. The minimum Gasteiger partial charge on any atom is -0.460 e. The van der Waals surface area contributed by atoms with Crippen LogP contribution in [0.1, 0.15) is 56.3 Å². The number of aromatic amines is 1. The fraction of sp³-hybridized carbons (Fsp3) is 0.474. The average Bonchev–Trinajstić information content (AvgIpc) is 3.33. The quantitative estimate of drug-likeness (QED) is 0.736. The molecule has 1 saturated carbocycles. The third-order valence-electron chi connectivity index (χ3n) is 4.87. The van der Waals surface area contributed by atoms with Crippen LogP contribution in [0, 0.1) is 0 Å². The Bertz CT molecular complexity index is 942. The number of nitrogens with one attached hydrogen (secondary N) is 1. The van der Waals surface area contributed by atoms with Gasteiger partial charge in [-0.1, -0.05) is 25.8 Å². The highest BCUT2D eigenvalue weighted by Crippen LogP contribution is 2.32. The van der Waals surface area contributed by atoms with E-state index in [0.29, 0.717) is 36.2 Å². The van der Waals surface area contributed by atoms with E-state index in [0.717, 1.165) is 30.7 Å². The third kappa shape index (κ3) is 3.21. The van der Waals surface area contributed by atoms with E-state index in [1.807, 2.05) is 19.1 Å². The topological polar surface area (TPSA) is 85.7 Å². The summed E-state index contributed by atoms with van der Waals surface area (Å²) in [5.74, 6) is 1.29. The van der Waals surface area contributed by atoms with Gasteiger partial charge in [0.25, 0.3) is 5.56 Å². The molecule has 0 aromatic carbocycles. The summed E-state index contributed by atoms with van der Waals surface area (Å²) in [4.78, 5) is 29.4. The predicted octanol–water partition coefficient (Wildman–Crippen LogP) is 3.16. The van der Waals surface area contributed by atoms with E-state index in [1.165, 1.54) is 12.8 Å². The van der Waals surface area contributed by atoms with E-state index < -0.39 is 0 Å². The Hall–Kier alpha value is -2.70. The Morgan fingerprint density at radius 3 is 2.88 bits per heavy atom. The van der Waals surface area contributed by atoms with Gasteiger partial charge < -0.3 is 9.72 Å². The monoisotopic (exact) mass is 353 g/mol. The van der Waals surface area contributed by atoms with Crippen molar-refractivity contribution in [2.24, 2.45) is 0 Å². The molecule has 0 amide bonds. The Morgan fingerprint density at radius 1 is 1.31 bits per heavy atom. The van der Waals surface area contributed by atoms with Crippen molar-refractivity contribution in [2.45, 2.75) is 58.1 Å². The predicted molar refractivity (Wildman–Crippen MR) is 98.2 cm³/mol. The maximum atomic E-state index is 12.9. The number of aromatic nitrogens is 5. The van der Waals surface area contributed by atoms with Crippen molar-refractivity contribution in [1.29, 1.82) is 0 Å². The normalized spacial score (nSPS) is 15.0. The Balaban J connectivity index is 1.70. The summed E-state index contributed by atoms with van der Waals surface area (Å²) in [7, 11) is 0. The lowest BCUT2D eigenvalue weighted by molar-refractivity contribution is 0.260. The fourth-order valence-corrected chi connectivity index (χ4v) is 3.54. The van der Waals surface area contributed by atoms with Crippen molar-refractivity contribution in [2.75, 3.05) is 0 Å². The number of imidazole rings is 1. The Kier molecular flexibility index (Phi) is 4.69. The summed E-state index contributed by atoms with van der Waals surface area (Å²) in [6, 6.07) is 4.11. The van der Waals surface area contributed by atoms with Crippen LogP contribution in [0.15, 0.2) is 29.3 Å². The smallest absolute Gasteiger partial charge is 0.301 e. The molecule has 3 aromatic heterocycles. The van der Waals surface area contributed by atoms with Crippen molar-refractivity contribution in [3.8, 4) is 6.01 Å². The van der Waals surface area contributed by atoms with Crippen LogP contribution in [0.3, 0.4) is 0 Å². The first kappa shape index (κ1) is 16.8. The molecule has 0 unspecified atom stereocenters. The van der Waals surface area contributed by atoms with Crippen LogP contribution >= 0.6 is 0 Å². The Morgan fingerprint density at radius 2 is 2.15 bits per heavy atom. The summed E-state index contributed by atoms with van der Waals surface area (Å²) in [6.45, 7) is 2.90. The van der Waals surface area contributed by atoms with Crippen LogP contribution in [-0.4, -0.2) is 24.5 Å². The van der Waals surface area contributed by atoms with Gasteiger partial charge >= 0.3 is 6.01 Å². The number of rotatable bonds is 6. The second-order valence-electron chi connectivity index (χ2n) is 6.80. The van der Waals surface area contributed by atoms with E-state index in [-0.39, 0.29) is 5.56 Å². The van der Waals surface area contributed by atoms with Crippen LogP contribution in [0.5, 0.6) is 6.01 Å². The number of fused-ring (bicyclic) bond motifs is 1. The van der Waals surface area contributed by atoms with Crippen molar-refractivity contribution in [3.63, 3.8) is 0 Å². The molecule has 1 aliphatic carbocycles. The first-order chi connectivity index (χ1) is 12.8. The lowest BCUT2D eigenvalue weighted by Crippen LogP contribution is -2.23. The molecule has 0 radical (unpaired) electrons. The average molecular weight is 353 g/mol. The molecular weight excluding hydrogens is 330 g/mol. The van der Waals surface area contributed by atoms with Gasteiger partial charge in [-0.15, -0.1) is 0 Å². The van der Waals surface area contributed by atoms with Crippen molar-refractivity contribution in [1.82, 2.24) is 24.5 Å². The summed E-state index contributed by atoms with van der Waals surface area (Å²) < 4.78 is 7.45. The van der Waals surface area contributed by atoms with Crippen LogP contribution in [0.25, 0.3) is 11.2 Å². The molecule has 3 aromatic rings. The second kappa shape index (κ2) is 7.27. The van der Waals surface area contributed by atoms with Crippen molar-refractivity contribution in [3.05, 3.63) is 46.3 Å². The van der Waals surface area contributed by atoms with Gasteiger partial charge in [-0.25, -0.2) is 4.98 Å². The maximum Gasteiger partial charge on any atom is 0.301 e. The first-order valence-electron chi connectivity index (χ1n) is 9.28. The highest BCUT2D eigenvalue weighted by molar-refractivity contribution is 5.70. The van der Waals surface area contributed by atoms with Gasteiger partial charge in [-0.3, -0.25) is 14.3 Å². The number of hydrogen-bond donors (Lipinski definition) is 1. The molecule has 0 aliphatic heterocycles. The summed E-state index contributed by atoms with van der Waals surface area (Å²) in [5, 5.41) is 0. The zero-order chi connectivity index (χ0) is 17.9. The van der Waals surface area contributed by atoms with Gasteiger partial charge in [0.05, 0.1) is 0 Å². The maximum absolute atomic E-state index is 12.9. The van der Waals surface area contributed by atoms with E-state index in [2.05, 4.69) is 19.9 Å². The number of nitrogens with zero attached hydrogens (tertiary/aromatic N) is 4. The fourth-order valence-electron chi connectivity index (χ4n) is 3.54. The van der Waals surface area contributed by atoms with Crippen LogP contribution < -0.4 is 10.3 Å². The summed E-state index contributed by atoms with van der Waals surface area (Å²) >= 11 is 0. The van der Waals surface area contributed by atoms with Crippen LogP contribution in [0.2, 0.25) is 0 Å². The molecule has 136 valence electrons. The van der Waals surface area contributed by atoms with Crippen LogP contribution in [0.4, 0.5) is 0 Å². The highest BCUT2D eigenvalue weighted by Gasteiger charge is 2.23. The van der Waals surface area contributed by atoms with Gasteiger partial charge in [-0.2, -0.15) is 4.98 Å². The van der Waals surface area contributed by atoms with E-state index >= 15 is 0 Å². The molecule has 3 heterocycles. The SMILES string of the molecule is CCCn1c(OCc2cccnc2)nc2nc(C3CCCC3)[nH]c2c1=O. The molecule has 0 spiro atoms. The molecule has 0 saturated heterocycles. The van der Waals surface area contributed by atoms with Crippen molar-refractivity contribution >= 4 is 11.2 Å². The van der Waals surface area contributed by atoms with E-state index in [9.17, 15) is 4.79 Å². The number of hydrogen-bond acceptors (Lipinski definition) is 5. The van der Waals surface area contributed by atoms with E-state index in [4.69, 9.17) is 4.74 Å². The summed E-state index contributed by atoms with van der Waals surface area (Å²) in [6.07, 6.45) is 8.95. The molecular formula is C19H23N5O2. The molecule has 0 bridgehead atoms. The molecule has 7 heteroatoms. The number of ether oxygens (including phenoxy) is 1. The van der Waals surface area contributed by atoms with Gasteiger partial charge in [0.15, 0.2) is 11.2 Å². The van der Waals surface area contributed by atoms with Gasteiger partial charge in [0.1, 0.15) is 12.4 Å². The molecule has 26 heavy (non-hydrogen) atoms.